The van der Waals surface area contributed by atoms with Gasteiger partial charge in [0.2, 0.25) is 0 Å². The van der Waals surface area contributed by atoms with Crippen LogP contribution < -0.4 is 10.6 Å². The first-order chi connectivity index (χ1) is 11.9. The molecule has 2 rings (SSSR count). The number of hydrogen-bond acceptors (Lipinski definition) is 5. The van der Waals surface area contributed by atoms with Crippen LogP contribution in [0.3, 0.4) is 0 Å². The van der Waals surface area contributed by atoms with Crippen LogP contribution in [0.1, 0.15) is 18.1 Å². The van der Waals surface area contributed by atoms with E-state index >= 15 is 0 Å². The molecule has 0 unspecified atom stereocenters. The van der Waals surface area contributed by atoms with Crippen molar-refractivity contribution >= 4 is 28.9 Å². The van der Waals surface area contributed by atoms with Crippen molar-refractivity contribution in [3.05, 3.63) is 58.6 Å². The smallest absolute Gasteiger partial charge is 0.257 e. The second-order valence-electron chi connectivity index (χ2n) is 5.58. The van der Waals surface area contributed by atoms with Crippen molar-refractivity contribution in [3.8, 4) is 12.1 Å². The van der Waals surface area contributed by atoms with E-state index in [1.165, 1.54) is 25.1 Å². The average molecular weight is 355 g/mol. The van der Waals surface area contributed by atoms with Gasteiger partial charge in [0.25, 0.3) is 5.91 Å². The molecule has 6 nitrogen and oxygen atoms in total. The molecule has 0 aliphatic heterocycles. The third-order valence-electron chi connectivity index (χ3n) is 3.49. The Bertz CT molecular complexity index is 864. The van der Waals surface area contributed by atoms with Crippen LogP contribution >= 0.6 is 11.6 Å². The fourth-order valence-electron chi connectivity index (χ4n) is 1.97. The number of rotatable bonds is 5. The highest BCUT2D eigenvalue weighted by Crippen LogP contribution is 2.21. The summed E-state index contributed by atoms with van der Waals surface area (Å²) in [5.41, 5.74) is 0.191. The minimum Gasteiger partial charge on any atom is -0.382 e. The van der Waals surface area contributed by atoms with Gasteiger partial charge >= 0.3 is 0 Å². The summed E-state index contributed by atoms with van der Waals surface area (Å²) in [5.74, 6) is -0.616. The maximum Gasteiger partial charge on any atom is 0.257 e. The quantitative estimate of drug-likeness (QED) is 0.764. The lowest BCUT2D eigenvalue weighted by atomic mass is 10.1. The van der Waals surface area contributed by atoms with Crippen molar-refractivity contribution in [2.75, 3.05) is 17.2 Å². The normalized spacial score (nSPS) is 12.4. The monoisotopic (exact) mass is 354 g/mol. The van der Waals surface area contributed by atoms with Gasteiger partial charge < -0.3 is 15.7 Å². The maximum atomic E-state index is 12.3. The number of nitrogens with one attached hydrogen (secondary N) is 2. The summed E-state index contributed by atoms with van der Waals surface area (Å²) >= 11 is 5.92. The maximum absolute atomic E-state index is 12.3. The van der Waals surface area contributed by atoms with E-state index < -0.39 is 11.5 Å². The van der Waals surface area contributed by atoms with Crippen LogP contribution in [-0.4, -0.2) is 23.2 Å². The van der Waals surface area contributed by atoms with Crippen LogP contribution in [0, 0.1) is 22.7 Å². The molecular formula is C18H15ClN4O2. The van der Waals surface area contributed by atoms with E-state index in [1.54, 1.807) is 24.3 Å². The minimum absolute atomic E-state index is 0.0330. The lowest BCUT2D eigenvalue weighted by Crippen LogP contribution is -2.45. The molecule has 0 spiro atoms. The third-order valence-corrected chi connectivity index (χ3v) is 3.80. The summed E-state index contributed by atoms with van der Waals surface area (Å²) in [5, 5.41) is 33.7. The first-order valence-electron chi connectivity index (χ1n) is 7.33. The summed E-state index contributed by atoms with van der Waals surface area (Å²) in [6, 6.07) is 15.1. The van der Waals surface area contributed by atoms with Gasteiger partial charge in [-0.1, -0.05) is 11.6 Å². The average Bonchev–Trinajstić information content (AvgIpc) is 2.60. The Morgan fingerprint density at radius 3 is 2.36 bits per heavy atom. The molecule has 0 saturated heterocycles. The topological polar surface area (TPSA) is 109 Å². The number of halogens is 1. The van der Waals surface area contributed by atoms with Gasteiger partial charge in [-0.2, -0.15) is 10.5 Å². The molecule has 0 radical (unpaired) electrons. The Labute approximate surface area is 150 Å². The van der Waals surface area contributed by atoms with E-state index in [9.17, 15) is 9.90 Å². The molecule has 1 atom stereocenters. The zero-order valence-electron chi connectivity index (χ0n) is 13.4. The van der Waals surface area contributed by atoms with Gasteiger partial charge in [-0.25, -0.2) is 0 Å². The van der Waals surface area contributed by atoms with Crippen LogP contribution in [0.15, 0.2) is 42.5 Å². The zero-order valence-corrected chi connectivity index (χ0v) is 14.1. The SMILES string of the molecule is C[C@@](O)(CNc1ccc(C#N)cc1)C(=O)Nc1ccc(C#N)c(Cl)c1. The molecule has 0 bridgehead atoms. The van der Waals surface area contributed by atoms with Crippen LogP contribution in [0.4, 0.5) is 11.4 Å². The van der Waals surface area contributed by atoms with Gasteiger partial charge in [0.15, 0.2) is 5.60 Å². The number of carbonyl (C=O) groups excluding carboxylic acids is 1. The third kappa shape index (κ3) is 4.71. The first-order valence-corrected chi connectivity index (χ1v) is 7.71. The highest BCUT2D eigenvalue weighted by atomic mass is 35.5. The van der Waals surface area contributed by atoms with Gasteiger partial charge in [-0.05, 0) is 49.4 Å². The predicted molar refractivity (Wildman–Crippen MR) is 95.1 cm³/mol. The number of hydrogen-bond donors (Lipinski definition) is 3. The number of amides is 1. The van der Waals surface area contributed by atoms with Gasteiger partial charge in [0, 0.05) is 11.4 Å². The van der Waals surface area contributed by atoms with Crippen LogP contribution in [0.25, 0.3) is 0 Å². The van der Waals surface area contributed by atoms with Crippen LogP contribution in [0.2, 0.25) is 5.02 Å². The lowest BCUT2D eigenvalue weighted by Gasteiger charge is -2.23. The predicted octanol–water partition coefficient (Wildman–Crippen LogP) is 2.88. The largest absolute Gasteiger partial charge is 0.382 e. The molecule has 0 fully saturated rings. The highest BCUT2D eigenvalue weighted by molar-refractivity contribution is 6.32. The standard InChI is InChI=1S/C18H15ClN4O2/c1-18(25,11-22-14-5-2-12(9-20)3-6-14)17(24)23-15-7-4-13(10-21)16(19)8-15/h2-8,22,25H,11H2,1H3,(H,23,24)/t18-/m1/s1. The van der Waals surface area contributed by atoms with Crippen molar-refractivity contribution in [2.45, 2.75) is 12.5 Å². The molecule has 0 aliphatic rings. The number of aliphatic hydroxyl groups is 1. The fourth-order valence-corrected chi connectivity index (χ4v) is 2.19. The van der Waals surface area contributed by atoms with Crippen molar-refractivity contribution in [1.29, 1.82) is 10.5 Å². The van der Waals surface area contributed by atoms with E-state index in [0.29, 0.717) is 22.5 Å². The van der Waals surface area contributed by atoms with Crippen molar-refractivity contribution in [2.24, 2.45) is 0 Å². The van der Waals surface area contributed by atoms with E-state index in [4.69, 9.17) is 22.1 Å². The van der Waals surface area contributed by atoms with Gasteiger partial charge in [0.05, 0.1) is 28.8 Å². The molecule has 2 aromatic rings. The summed E-state index contributed by atoms with van der Waals surface area (Å²) < 4.78 is 0. The summed E-state index contributed by atoms with van der Waals surface area (Å²) in [6.07, 6.45) is 0. The van der Waals surface area contributed by atoms with E-state index in [0.717, 1.165) is 0 Å². The molecule has 3 N–H and O–H groups in total. The molecular weight excluding hydrogens is 340 g/mol. The summed E-state index contributed by atoms with van der Waals surface area (Å²) in [7, 11) is 0. The van der Waals surface area contributed by atoms with Gasteiger partial charge in [-0.15, -0.1) is 0 Å². The first kappa shape index (κ1) is 18.3. The second kappa shape index (κ2) is 7.67. The molecule has 25 heavy (non-hydrogen) atoms. The number of carbonyl (C=O) groups is 1. The summed E-state index contributed by atoms with van der Waals surface area (Å²) in [6.45, 7) is 1.35. The molecule has 0 heterocycles. The Balaban J connectivity index is 2.00. The van der Waals surface area contributed by atoms with E-state index in [2.05, 4.69) is 10.6 Å². The lowest BCUT2D eigenvalue weighted by molar-refractivity contribution is -0.131. The molecule has 1 amide bonds. The second-order valence-corrected chi connectivity index (χ2v) is 5.98. The van der Waals surface area contributed by atoms with E-state index in [1.807, 2.05) is 12.1 Å². The minimum atomic E-state index is -1.69. The number of benzene rings is 2. The Hall–Kier alpha value is -3.06. The Morgan fingerprint density at radius 2 is 1.80 bits per heavy atom. The number of nitriles is 2. The zero-order chi connectivity index (χ0) is 18.4. The number of anilines is 2. The molecule has 0 aromatic heterocycles. The van der Waals surface area contributed by atoms with Crippen molar-refractivity contribution in [3.63, 3.8) is 0 Å². The number of nitrogens with zero attached hydrogens (tertiary/aromatic N) is 2. The molecule has 7 heteroatoms. The Kier molecular flexibility index (Phi) is 5.61. The van der Waals surface area contributed by atoms with E-state index in [-0.39, 0.29) is 11.6 Å². The molecule has 126 valence electrons. The molecule has 2 aromatic carbocycles. The molecule has 0 aliphatic carbocycles. The highest BCUT2D eigenvalue weighted by Gasteiger charge is 2.30. The van der Waals surface area contributed by atoms with Crippen LogP contribution in [0.5, 0.6) is 0 Å². The molecule has 0 saturated carbocycles. The van der Waals surface area contributed by atoms with Crippen molar-refractivity contribution < 1.29 is 9.90 Å². The summed E-state index contributed by atoms with van der Waals surface area (Å²) in [4.78, 5) is 12.3. The fraction of sp³-hybridized carbons (Fsp3) is 0.167. The Morgan fingerprint density at radius 1 is 1.16 bits per heavy atom. The van der Waals surface area contributed by atoms with Gasteiger partial charge in [-0.3, -0.25) is 4.79 Å². The van der Waals surface area contributed by atoms with Crippen LogP contribution in [-0.2, 0) is 4.79 Å². The van der Waals surface area contributed by atoms with Gasteiger partial charge in [0.1, 0.15) is 6.07 Å². The van der Waals surface area contributed by atoms with Crippen molar-refractivity contribution in [1.82, 2.24) is 0 Å².